The number of para-hydroxylation sites is 2. The minimum atomic E-state index is -0.639. The predicted octanol–water partition coefficient (Wildman–Crippen LogP) is 2.88. The third kappa shape index (κ3) is 3.98. The molecule has 184 valence electrons. The summed E-state index contributed by atoms with van der Waals surface area (Å²) in [6.07, 6.45) is -0.156. The Morgan fingerprint density at radius 3 is 2.73 bits per heavy atom. The van der Waals surface area contributed by atoms with E-state index < -0.39 is 12.1 Å². The SMILES string of the molecule is Cn1c(=O)c2ccccc2n2c(COC(=O)c3cccc(NC(=O)C4Cc5ccccc5O4)c3)nnc12. The van der Waals surface area contributed by atoms with E-state index in [0.717, 1.165) is 5.56 Å². The summed E-state index contributed by atoms with van der Waals surface area (Å²) in [5, 5.41) is 11.6. The molecule has 0 saturated carbocycles. The Morgan fingerprint density at radius 2 is 1.86 bits per heavy atom. The lowest BCUT2D eigenvalue weighted by Gasteiger charge is -2.12. The smallest absolute Gasteiger partial charge is 0.338 e. The lowest BCUT2D eigenvalue weighted by atomic mass is 10.1. The van der Waals surface area contributed by atoms with Crippen LogP contribution in [0.3, 0.4) is 0 Å². The van der Waals surface area contributed by atoms with Gasteiger partial charge in [0.25, 0.3) is 11.5 Å². The topological polar surface area (TPSA) is 117 Å². The number of fused-ring (bicyclic) bond motifs is 4. The minimum absolute atomic E-state index is 0.160. The van der Waals surface area contributed by atoms with Crippen LogP contribution < -0.4 is 15.6 Å². The molecular formula is C27H21N5O5. The Bertz CT molecular complexity index is 1730. The number of anilines is 1. The second-order valence-corrected chi connectivity index (χ2v) is 8.70. The highest BCUT2D eigenvalue weighted by molar-refractivity contribution is 5.97. The van der Waals surface area contributed by atoms with Crippen molar-refractivity contribution in [1.82, 2.24) is 19.2 Å². The van der Waals surface area contributed by atoms with Crippen LogP contribution >= 0.6 is 0 Å². The highest BCUT2D eigenvalue weighted by Gasteiger charge is 2.29. The summed E-state index contributed by atoms with van der Waals surface area (Å²) < 4.78 is 14.4. The van der Waals surface area contributed by atoms with E-state index in [2.05, 4.69) is 15.5 Å². The molecule has 0 saturated heterocycles. The molecule has 0 fully saturated rings. The number of hydrogen-bond donors (Lipinski definition) is 1. The molecule has 0 spiro atoms. The van der Waals surface area contributed by atoms with Crippen molar-refractivity contribution in [3.05, 3.63) is 100 Å². The van der Waals surface area contributed by atoms with Gasteiger partial charge in [-0.15, -0.1) is 10.2 Å². The van der Waals surface area contributed by atoms with E-state index in [1.807, 2.05) is 30.3 Å². The Hall–Kier alpha value is -4.99. The zero-order valence-corrected chi connectivity index (χ0v) is 19.7. The first-order chi connectivity index (χ1) is 18.0. The van der Waals surface area contributed by atoms with Crippen LogP contribution in [0.1, 0.15) is 21.7 Å². The zero-order valence-electron chi connectivity index (χ0n) is 19.7. The van der Waals surface area contributed by atoms with Gasteiger partial charge in [-0.05, 0) is 42.0 Å². The van der Waals surface area contributed by atoms with E-state index in [-0.39, 0.29) is 23.6 Å². The van der Waals surface area contributed by atoms with Gasteiger partial charge in [-0.2, -0.15) is 0 Å². The minimum Gasteiger partial charge on any atom is -0.480 e. The highest BCUT2D eigenvalue weighted by atomic mass is 16.5. The molecule has 1 amide bonds. The summed E-state index contributed by atoms with van der Waals surface area (Å²) in [7, 11) is 1.61. The van der Waals surface area contributed by atoms with Crippen molar-refractivity contribution in [2.45, 2.75) is 19.1 Å². The van der Waals surface area contributed by atoms with Gasteiger partial charge in [-0.1, -0.05) is 36.4 Å². The predicted molar refractivity (Wildman–Crippen MR) is 134 cm³/mol. The molecule has 0 aliphatic carbocycles. The van der Waals surface area contributed by atoms with Gasteiger partial charge in [0, 0.05) is 19.2 Å². The molecule has 0 radical (unpaired) electrons. The number of carbonyl (C=O) groups is 2. The van der Waals surface area contributed by atoms with Crippen LogP contribution in [-0.2, 0) is 29.6 Å². The van der Waals surface area contributed by atoms with Crippen molar-refractivity contribution in [3.8, 4) is 5.75 Å². The molecule has 5 aromatic rings. The largest absolute Gasteiger partial charge is 0.480 e. The molecule has 10 heteroatoms. The lowest BCUT2D eigenvalue weighted by molar-refractivity contribution is -0.122. The maximum Gasteiger partial charge on any atom is 0.338 e. The fourth-order valence-corrected chi connectivity index (χ4v) is 4.47. The maximum atomic E-state index is 12.8. The molecule has 1 unspecified atom stereocenters. The van der Waals surface area contributed by atoms with Gasteiger partial charge in [0.15, 0.2) is 18.5 Å². The molecule has 1 N–H and O–H groups in total. The Kier molecular flexibility index (Phi) is 5.41. The summed E-state index contributed by atoms with van der Waals surface area (Å²) in [5.41, 5.74) is 2.13. The van der Waals surface area contributed by atoms with Crippen molar-refractivity contribution >= 4 is 34.2 Å². The molecule has 3 heterocycles. The quantitative estimate of drug-likeness (QED) is 0.373. The molecule has 2 aromatic heterocycles. The first-order valence-electron chi connectivity index (χ1n) is 11.6. The van der Waals surface area contributed by atoms with E-state index in [9.17, 15) is 14.4 Å². The molecular weight excluding hydrogens is 474 g/mol. The molecule has 1 aliphatic heterocycles. The molecule has 6 rings (SSSR count). The number of benzene rings is 3. The van der Waals surface area contributed by atoms with Crippen LogP contribution in [0.15, 0.2) is 77.6 Å². The molecule has 0 bridgehead atoms. The number of ether oxygens (including phenoxy) is 2. The standard InChI is InChI=1S/C27H21N5O5/c1-31-25(34)19-10-3-4-11-20(19)32-23(29-30-27(31)32)15-36-26(35)17-8-6-9-18(13-17)28-24(33)22-14-16-7-2-5-12-21(16)37-22/h2-13,22H,14-15H2,1H3,(H,28,33). The van der Waals surface area contributed by atoms with Crippen LogP contribution in [0.25, 0.3) is 16.7 Å². The van der Waals surface area contributed by atoms with E-state index in [0.29, 0.717) is 40.4 Å². The first-order valence-corrected chi connectivity index (χ1v) is 11.6. The van der Waals surface area contributed by atoms with E-state index in [1.54, 1.807) is 53.9 Å². The van der Waals surface area contributed by atoms with Crippen molar-refractivity contribution < 1.29 is 19.1 Å². The Labute approximate surface area is 210 Å². The van der Waals surface area contributed by atoms with Crippen LogP contribution in [0.2, 0.25) is 0 Å². The van der Waals surface area contributed by atoms with Gasteiger partial charge < -0.3 is 14.8 Å². The number of rotatable bonds is 5. The third-order valence-electron chi connectivity index (χ3n) is 6.33. The number of esters is 1. The summed E-state index contributed by atoms with van der Waals surface area (Å²) >= 11 is 0. The Balaban J connectivity index is 1.17. The number of nitrogens with one attached hydrogen (secondary N) is 1. The fourth-order valence-electron chi connectivity index (χ4n) is 4.47. The average molecular weight is 495 g/mol. The van der Waals surface area contributed by atoms with Crippen LogP contribution in [0.4, 0.5) is 5.69 Å². The van der Waals surface area contributed by atoms with Crippen molar-refractivity contribution in [2.24, 2.45) is 7.05 Å². The maximum absolute atomic E-state index is 12.8. The number of aromatic nitrogens is 4. The first kappa shape index (κ1) is 22.5. The molecule has 37 heavy (non-hydrogen) atoms. The van der Waals surface area contributed by atoms with E-state index in [1.165, 1.54) is 4.57 Å². The van der Waals surface area contributed by atoms with Gasteiger partial charge >= 0.3 is 5.97 Å². The van der Waals surface area contributed by atoms with E-state index in [4.69, 9.17) is 9.47 Å². The van der Waals surface area contributed by atoms with E-state index >= 15 is 0 Å². The number of carbonyl (C=O) groups excluding carboxylic acids is 2. The Morgan fingerprint density at radius 1 is 1.05 bits per heavy atom. The van der Waals surface area contributed by atoms with Gasteiger partial charge in [0.1, 0.15) is 5.75 Å². The van der Waals surface area contributed by atoms with Crippen LogP contribution in [0.5, 0.6) is 5.75 Å². The summed E-state index contributed by atoms with van der Waals surface area (Å²) in [4.78, 5) is 38.2. The van der Waals surface area contributed by atoms with Gasteiger partial charge in [0.2, 0.25) is 5.78 Å². The summed E-state index contributed by atoms with van der Waals surface area (Å²) in [6.45, 7) is -0.160. The number of hydrogen-bond acceptors (Lipinski definition) is 7. The monoisotopic (exact) mass is 495 g/mol. The second-order valence-electron chi connectivity index (χ2n) is 8.70. The average Bonchev–Trinajstić information content (AvgIpc) is 3.55. The summed E-state index contributed by atoms with van der Waals surface area (Å²) in [6, 6.07) is 21.1. The number of nitrogens with zero attached hydrogens (tertiary/aromatic N) is 4. The van der Waals surface area contributed by atoms with Gasteiger partial charge in [-0.25, -0.2) is 4.79 Å². The van der Waals surface area contributed by atoms with Gasteiger partial charge in [-0.3, -0.25) is 18.6 Å². The third-order valence-corrected chi connectivity index (χ3v) is 6.33. The number of aryl methyl sites for hydroxylation is 1. The van der Waals surface area contributed by atoms with Gasteiger partial charge in [0.05, 0.1) is 16.5 Å². The molecule has 1 atom stereocenters. The molecule has 3 aromatic carbocycles. The number of amides is 1. The van der Waals surface area contributed by atoms with Crippen LogP contribution in [-0.4, -0.2) is 37.1 Å². The lowest BCUT2D eigenvalue weighted by Crippen LogP contribution is -2.31. The van der Waals surface area contributed by atoms with Crippen molar-refractivity contribution in [3.63, 3.8) is 0 Å². The molecule has 1 aliphatic rings. The summed E-state index contributed by atoms with van der Waals surface area (Å²) in [5.74, 6) is 0.530. The van der Waals surface area contributed by atoms with Crippen molar-refractivity contribution in [1.29, 1.82) is 0 Å². The van der Waals surface area contributed by atoms with Crippen molar-refractivity contribution in [2.75, 3.05) is 5.32 Å². The molecule has 10 nitrogen and oxygen atoms in total. The second kappa shape index (κ2) is 8.90. The normalized spacial score (nSPS) is 14.4. The highest BCUT2D eigenvalue weighted by Crippen LogP contribution is 2.28. The fraction of sp³-hybridized carbons (Fsp3) is 0.148. The zero-order chi connectivity index (χ0) is 25.5. The van der Waals surface area contributed by atoms with Crippen LogP contribution in [0, 0.1) is 0 Å².